The number of nitrogens with zero attached hydrogens (tertiary/aromatic N) is 1. The molecule has 0 radical (unpaired) electrons. The summed E-state index contributed by atoms with van der Waals surface area (Å²) in [6.45, 7) is 8.31. The Labute approximate surface area is 124 Å². The number of pyridine rings is 1. The van der Waals surface area contributed by atoms with Gasteiger partial charge in [-0.05, 0) is 35.6 Å². The van der Waals surface area contributed by atoms with E-state index in [1.807, 2.05) is 18.3 Å². The fourth-order valence-electron chi connectivity index (χ4n) is 2.26. The Morgan fingerprint density at radius 2 is 2.10 bits per heavy atom. The van der Waals surface area contributed by atoms with Crippen molar-refractivity contribution in [1.29, 1.82) is 0 Å². The lowest BCUT2D eigenvalue weighted by molar-refractivity contribution is -0.136. The molecular weight excluding hydrogens is 270 g/mol. The maximum Gasteiger partial charge on any atom is 0.316 e. The molecule has 0 saturated carbocycles. The molecular formula is C16H21NO2S. The third kappa shape index (κ3) is 3.01. The number of aromatic nitrogens is 1. The van der Waals surface area contributed by atoms with Crippen molar-refractivity contribution in [3.05, 3.63) is 41.7 Å². The van der Waals surface area contributed by atoms with Gasteiger partial charge in [0.2, 0.25) is 0 Å². The molecule has 0 spiro atoms. The van der Waals surface area contributed by atoms with Gasteiger partial charge in [-0.2, -0.15) is 0 Å². The minimum absolute atomic E-state index is 0.0500. The van der Waals surface area contributed by atoms with Crippen LogP contribution in [0.3, 0.4) is 0 Å². The highest BCUT2D eigenvalue weighted by Gasteiger charge is 2.23. The summed E-state index contributed by atoms with van der Waals surface area (Å²) in [5.41, 5.74) is 3.75. The van der Waals surface area contributed by atoms with Crippen LogP contribution in [0.2, 0.25) is 0 Å². The lowest BCUT2D eigenvalue weighted by Crippen LogP contribution is -2.14. The van der Waals surface area contributed by atoms with Gasteiger partial charge >= 0.3 is 5.97 Å². The van der Waals surface area contributed by atoms with Gasteiger partial charge in [-0.25, -0.2) is 0 Å². The van der Waals surface area contributed by atoms with E-state index in [1.54, 1.807) is 6.92 Å². The molecule has 0 fully saturated rings. The molecule has 0 amide bonds. The van der Waals surface area contributed by atoms with Crippen molar-refractivity contribution in [2.45, 2.75) is 44.1 Å². The molecule has 20 heavy (non-hydrogen) atoms. The van der Waals surface area contributed by atoms with Crippen molar-refractivity contribution in [3.8, 4) is 0 Å². The summed E-state index contributed by atoms with van der Waals surface area (Å²) in [4.78, 5) is 11.0. The maximum absolute atomic E-state index is 11.0. The van der Waals surface area contributed by atoms with E-state index in [-0.39, 0.29) is 10.7 Å². The highest BCUT2D eigenvalue weighted by Crippen LogP contribution is 2.33. The van der Waals surface area contributed by atoms with Gasteiger partial charge in [-0.15, -0.1) is 11.8 Å². The van der Waals surface area contributed by atoms with E-state index in [1.165, 1.54) is 28.4 Å². The number of carboxylic acid groups (broad SMARTS) is 1. The molecule has 0 aromatic carbocycles. The minimum Gasteiger partial charge on any atom is -0.480 e. The topological polar surface area (TPSA) is 41.7 Å². The molecule has 2 aromatic heterocycles. The number of hydrogen-bond donors (Lipinski definition) is 1. The molecule has 0 bridgehead atoms. The van der Waals surface area contributed by atoms with Crippen LogP contribution in [0.25, 0.3) is 5.52 Å². The summed E-state index contributed by atoms with van der Waals surface area (Å²) < 4.78 is 2.13. The first-order valence-electron chi connectivity index (χ1n) is 6.74. The number of fused-ring (bicyclic) bond motifs is 1. The third-order valence-electron chi connectivity index (χ3n) is 3.43. The lowest BCUT2D eigenvalue weighted by atomic mass is 9.86. The molecule has 1 atom stereocenters. The first-order chi connectivity index (χ1) is 9.30. The van der Waals surface area contributed by atoms with Crippen LogP contribution in [0, 0.1) is 0 Å². The van der Waals surface area contributed by atoms with Gasteiger partial charge in [0.15, 0.2) is 0 Å². The summed E-state index contributed by atoms with van der Waals surface area (Å²) in [5.74, 6) is -0.0311. The summed E-state index contributed by atoms with van der Waals surface area (Å²) in [6, 6.07) is 6.13. The summed E-state index contributed by atoms with van der Waals surface area (Å²) in [6.07, 6.45) is 4.20. The fraction of sp³-hybridized carbons (Fsp3) is 0.438. The Morgan fingerprint density at radius 3 is 2.70 bits per heavy atom. The Bertz CT molecular complexity index is 625. The predicted octanol–water partition coefficient (Wildman–Crippen LogP) is 3.94. The van der Waals surface area contributed by atoms with Crippen molar-refractivity contribution in [2.75, 3.05) is 0 Å². The number of carbonyl (C=O) groups is 1. The molecule has 0 aliphatic heterocycles. The van der Waals surface area contributed by atoms with Crippen molar-refractivity contribution in [2.24, 2.45) is 0 Å². The first-order valence-corrected chi connectivity index (χ1v) is 7.79. The Hall–Kier alpha value is -1.42. The molecule has 1 unspecified atom stereocenters. The van der Waals surface area contributed by atoms with E-state index < -0.39 is 5.97 Å². The standard InChI is InChI=1S/C16H21NO2S/c1-11(15(18)19)20-10-12-13(16(2,3)4)9-17-8-6-5-7-14(12)17/h5-9,11H,10H2,1-4H3,(H,18,19). The number of carboxylic acids is 1. The van der Waals surface area contributed by atoms with Gasteiger partial charge in [-0.3, -0.25) is 4.79 Å². The zero-order valence-electron chi connectivity index (χ0n) is 12.4. The monoisotopic (exact) mass is 291 g/mol. The minimum atomic E-state index is -0.754. The quantitative estimate of drug-likeness (QED) is 0.927. The molecule has 0 aliphatic carbocycles. The molecule has 0 aliphatic rings. The lowest BCUT2D eigenvalue weighted by Gasteiger charge is -2.19. The SMILES string of the molecule is CC(SCc1c(C(C)(C)C)cn2ccccc12)C(=O)O. The summed E-state index contributed by atoms with van der Waals surface area (Å²) >= 11 is 1.47. The van der Waals surface area contributed by atoms with E-state index in [0.717, 1.165) is 5.75 Å². The third-order valence-corrected chi connectivity index (χ3v) is 4.58. The second-order valence-corrected chi connectivity index (χ2v) is 7.39. The molecule has 108 valence electrons. The normalized spacial score (nSPS) is 13.6. The summed E-state index contributed by atoms with van der Waals surface area (Å²) in [5, 5.41) is 8.64. The molecule has 4 heteroatoms. The second kappa shape index (κ2) is 5.52. The average Bonchev–Trinajstić information content (AvgIpc) is 2.74. The highest BCUT2D eigenvalue weighted by molar-refractivity contribution is 7.99. The van der Waals surface area contributed by atoms with E-state index in [9.17, 15) is 4.79 Å². The van der Waals surface area contributed by atoms with E-state index in [0.29, 0.717) is 0 Å². The van der Waals surface area contributed by atoms with Gasteiger partial charge < -0.3 is 9.51 Å². The van der Waals surface area contributed by atoms with Crippen LogP contribution in [0.15, 0.2) is 30.6 Å². The van der Waals surface area contributed by atoms with Crippen molar-refractivity contribution < 1.29 is 9.90 Å². The van der Waals surface area contributed by atoms with Gasteiger partial charge in [0.25, 0.3) is 0 Å². The molecule has 1 N–H and O–H groups in total. The van der Waals surface area contributed by atoms with Gasteiger partial charge in [0.1, 0.15) is 0 Å². The molecule has 2 aromatic rings. The van der Waals surface area contributed by atoms with Crippen LogP contribution in [-0.4, -0.2) is 20.7 Å². The molecule has 3 nitrogen and oxygen atoms in total. The number of thioether (sulfide) groups is 1. The second-order valence-electron chi connectivity index (χ2n) is 6.06. The fourth-order valence-corrected chi connectivity index (χ4v) is 3.12. The Kier molecular flexibility index (Phi) is 4.14. The summed E-state index contributed by atoms with van der Waals surface area (Å²) in [7, 11) is 0. The van der Waals surface area contributed by atoms with Crippen LogP contribution < -0.4 is 0 Å². The van der Waals surface area contributed by atoms with E-state index >= 15 is 0 Å². The van der Waals surface area contributed by atoms with E-state index in [4.69, 9.17) is 5.11 Å². The molecule has 2 rings (SSSR count). The Balaban J connectivity index is 2.41. The number of rotatable bonds is 4. The van der Waals surface area contributed by atoms with Crippen LogP contribution in [0.1, 0.15) is 38.8 Å². The highest BCUT2D eigenvalue weighted by atomic mass is 32.2. The van der Waals surface area contributed by atoms with Crippen LogP contribution in [0.4, 0.5) is 0 Å². The van der Waals surface area contributed by atoms with E-state index in [2.05, 4.69) is 37.4 Å². The zero-order chi connectivity index (χ0) is 14.9. The predicted molar refractivity (Wildman–Crippen MR) is 84.5 cm³/mol. The van der Waals surface area contributed by atoms with Crippen molar-refractivity contribution in [1.82, 2.24) is 4.40 Å². The average molecular weight is 291 g/mol. The number of aliphatic carboxylic acids is 1. The smallest absolute Gasteiger partial charge is 0.316 e. The van der Waals surface area contributed by atoms with Crippen LogP contribution in [-0.2, 0) is 16.0 Å². The van der Waals surface area contributed by atoms with Gasteiger partial charge in [0, 0.05) is 23.7 Å². The Morgan fingerprint density at radius 1 is 1.40 bits per heavy atom. The maximum atomic E-state index is 11.0. The van der Waals surface area contributed by atoms with Crippen LogP contribution >= 0.6 is 11.8 Å². The van der Waals surface area contributed by atoms with Crippen LogP contribution in [0.5, 0.6) is 0 Å². The number of hydrogen-bond acceptors (Lipinski definition) is 2. The van der Waals surface area contributed by atoms with Crippen molar-refractivity contribution in [3.63, 3.8) is 0 Å². The zero-order valence-corrected chi connectivity index (χ0v) is 13.2. The first kappa shape index (κ1) is 15.0. The van der Waals surface area contributed by atoms with Gasteiger partial charge in [-0.1, -0.05) is 26.8 Å². The van der Waals surface area contributed by atoms with Crippen molar-refractivity contribution >= 4 is 23.2 Å². The molecule has 2 heterocycles. The molecule has 0 saturated heterocycles. The largest absolute Gasteiger partial charge is 0.480 e. The van der Waals surface area contributed by atoms with Gasteiger partial charge in [0.05, 0.1) is 5.25 Å².